The molecule has 0 aromatic heterocycles. The Morgan fingerprint density at radius 3 is 1.80 bits per heavy atom. The zero-order chi connectivity index (χ0) is 10.5. The smallest absolute Gasteiger partial charge is 0.0385 e. The highest BCUT2D eigenvalue weighted by Gasteiger charge is 1.92. The lowest BCUT2D eigenvalue weighted by molar-refractivity contribution is 1.53. The molecule has 0 bridgehead atoms. The number of rotatable bonds is 3. The van der Waals surface area contributed by atoms with Gasteiger partial charge >= 0.3 is 0 Å². The van der Waals surface area contributed by atoms with E-state index < -0.39 is 0 Å². The third-order valence-electron chi connectivity index (χ3n) is 2.07. The lowest BCUT2D eigenvalue weighted by atomic mass is 10.2. The molecule has 2 aromatic carbocycles. The molecule has 0 aliphatic carbocycles. The van der Waals surface area contributed by atoms with E-state index in [-0.39, 0.29) is 0 Å². The monoisotopic (exact) mass is 199 g/mol. The standard InChI is InChI=1S/C12H11N2O/c15-14-12-8-6-11(7-9-12)13-10-4-2-1-3-5-10/h1-9,13-14H/q-1. The maximum atomic E-state index is 10.3. The van der Waals surface area contributed by atoms with Crippen molar-refractivity contribution in [3.05, 3.63) is 59.8 Å². The summed E-state index contributed by atoms with van der Waals surface area (Å²) < 4.78 is 0. The fraction of sp³-hybridized carbons (Fsp3) is 0. The van der Waals surface area contributed by atoms with Gasteiger partial charge in [-0.1, -0.05) is 18.2 Å². The summed E-state index contributed by atoms with van der Waals surface area (Å²) >= 11 is 0. The number of anilines is 3. The van der Waals surface area contributed by atoms with Crippen molar-refractivity contribution in [2.75, 3.05) is 10.8 Å². The van der Waals surface area contributed by atoms with Crippen molar-refractivity contribution in [1.29, 1.82) is 0 Å². The summed E-state index contributed by atoms with van der Waals surface area (Å²) in [6.07, 6.45) is 0. The average molecular weight is 199 g/mol. The van der Waals surface area contributed by atoms with E-state index in [9.17, 15) is 5.21 Å². The molecule has 0 radical (unpaired) electrons. The van der Waals surface area contributed by atoms with E-state index in [1.54, 1.807) is 12.1 Å². The van der Waals surface area contributed by atoms with Gasteiger partial charge in [0, 0.05) is 17.1 Å². The van der Waals surface area contributed by atoms with Crippen molar-refractivity contribution in [3.8, 4) is 0 Å². The molecule has 76 valence electrons. The highest BCUT2D eigenvalue weighted by molar-refractivity contribution is 5.62. The minimum absolute atomic E-state index is 0.564. The fourth-order valence-corrected chi connectivity index (χ4v) is 1.31. The number of benzene rings is 2. The van der Waals surface area contributed by atoms with Crippen LogP contribution in [0.4, 0.5) is 17.1 Å². The van der Waals surface area contributed by atoms with E-state index in [1.807, 2.05) is 47.9 Å². The molecule has 2 aromatic rings. The molecule has 0 saturated heterocycles. The number of hydrogen-bond acceptors (Lipinski definition) is 3. The van der Waals surface area contributed by atoms with Crippen LogP contribution in [0.1, 0.15) is 0 Å². The zero-order valence-electron chi connectivity index (χ0n) is 8.10. The SMILES string of the molecule is [O-]Nc1ccc(Nc2ccccc2)cc1. The van der Waals surface area contributed by atoms with Crippen molar-refractivity contribution in [1.82, 2.24) is 0 Å². The molecule has 3 heteroatoms. The van der Waals surface area contributed by atoms with E-state index in [0.29, 0.717) is 5.69 Å². The van der Waals surface area contributed by atoms with Crippen LogP contribution in [0, 0.1) is 5.21 Å². The van der Waals surface area contributed by atoms with E-state index in [4.69, 9.17) is 0 Å². The van der Waals surface area contributed by atoms with Crippen LogP contribution >= 0.6 is 0 Å². The Kier molecular flexibility index (Phi) is 2.85. The molecule has 0 heterocycles. The van der Waals surface area contributed by atoms with Crippen LogP contribution in [0.5, 0.6) is 0 Å². The van der Waals surface area contributed by atoms with Gasteiger partial charge in [0.25, 0.3) is 0 Å². The molecule has 0 amide bonds. The molecule has 0 unspecified atom stereocenters. The topological polar surface area (TPSA) is 47.1 Å². The Balaban J connectivity index is 2.11. The van der Waals surface area contributed by atoms with E-state index in [2.05, 4.69) is 5.32 Å². The zero-order valence-corrected chi connectivity index (χ0v) is 8.10. The Labute approximate surface area is 88.3 Å². The maximum absolute atomic E-state index is 10.3. The maximum Gasteiger partial charge on any atom is 0.0385 e. The van der Waals surface area contributed by atoms with Crippen LogP contribution in [-0.2, 0) is 0 Å². The van der Waals surface area contributed by atoms with Gasteiger partial charge in [0.2, 0.25) is 0 Å². The fourth-order valence-electron chi connectivity index (χ4n) is 1.31. The summed E-state index contributed by atoms with van der Waals surface area (Å²) in [5, 5.41) is 13.6. The van der Waals surface area contributed by atoms with Crippen LogP contribution in [0.2, 0.25) is 0 Å². The summed E-state index contributed by atoms with van der Waals surface area (Å²) in [5.41, 5.74) is 4.39. The van der Waals surface area contributed by atoms with Gasteiger partial charge in [0.15, 0.2) is 0 Å². The summed E-state index contributed by atoms with van der Waals surface area (Å²) in [6.45, 7) is 0. The molecule has 0 fully saturated rings. The largest absolute Gasteiger partial charge is 0.761 e. The third-order valence-corrected chi connectivity index (χ3v) is 2.07. The molecule has 0 aliphatic rings. The Morgan fingerprint density at radius 1 is 0.667 bits per heavy atom. The first kappa shape index (κ1) is 9.55. The highest BCUT2D eigenvalue weighted by Crippen LogP contribution is 2.18. The van der Waals surface area contributed by atoms with Crippen molar-refractivity contribution < 1.29 is 0 Å². The summed E-state index contributed by atoms with van der Waals surface area (Å²) in [4.78, 5) is 0. The quantitative estimate of drug-likeness (QED) is 0.745. The first-order valence-electron chi connectivity index (χ1n) is 4.69. The lowest BCUT2D eigenvalue weighted by Crippen LogP contribution is -1.90. The second-order valence-electron chi connectivity index (χ2n) is 3.17. The minimum Gasteiger partial charge on any atom is -0.761 e. The van der Waals surface area contributed by atoms with Gasteiger partial charge in [-0.2, -0.15) is 0 Å². The molecular formula is C12H11N2O-. The number of para-hydroxylation sites is 1. The second kappa shape index (κ2) is 4.48. The van der Waals surface area contributed by atoms with Gasteiger partial charge in [-0.3, -0.25) is 0 Å². The molecule has 0 saturated carbocycles. The van der Waals surface area contributed by atoms with Gasteiger partial charge in [0.1, 0.15) is 0 Å². The lowest BCUT2D eigenvalue weighted by Gasteiger charge is -2.10. The van der Waals surface area contributed by atoms with Gasteiger partial charge in [-0.25, -0.2) is 0 Å². The molecule has 0 aliphatic heterocycles. The second-order valence-corrected chi connectivity index (χ2v) is 3.17. The Bertz CT molecular complexity index is 411. The van der Waals surface area contributed by atoms with Crippen LogP contribution in [0.25, 0.3) is 0 Å². The predicted molar refractivity (Wildman–Crippen MR) is 63.2 cm³/mol. The van der Waals surface area contributed by atoms with Gasteiger partial charge in [-0.05, 0) is 36.4 Å². The van der Waals surface area contributed by atoms with Crippen molar-refractivity contribution >= 4 is 17.1 Å². The molecule has 2 N–H and O–H groups in total. The van der Waals surface area contributed by atoms with Crippen LogP contribution in [0.15, 0.2) is 54.6 Å². The van der Waals surface area contributed by atoms with Crippen LogP contribution in [-0.4, -0.2) is 0 Å². The van der Waals surface area contributed by atoms with Crippen LogP contribution < -0.4 is 10.8 Å². The van der Waals surface area contributed by atoms with Gasteiger partial charge in [-0.15, -0.1) is 0 Å². The third kappa shape index (κ3) is 2.48. The summed E-state index contributed by atoms with van der Waals surface area (Å²) in [7, 11) is 0. The normalized spacial score (nSPS) is 9.67. The van der Waals surface area contributed by atoms with E-state index in [1.165, 1.54) is 0 Å². The predicted octanol–water partition coefficient (Wildman–Crippen LogP) is 3.34. The average Bonchev–Trinajstić information content (AvgIpc) is 2.31. The molecule has 0 spiro atoms. The van der Waals surface area contributed by atoms with Gasteiger partial charge < -0.3 is 16.0 Å². The van der Waals surface area contributed by atoms with Crippen LogP contribution in [0.3, 0.4) is 0 Å². The molecule has 2 rings (SSSR count). The highest BCUT2D eigenvalue weighted by atomic mass is 16.5. The minimum atomic E-state index is 0.564. The first-order chi connectivity index (χ1) is 7.38. The van der Waals surface area contributed by atoms with Crippen molar-refractivity contribution in [3.63, 3.8) is 0 Å². The van der Waals surface area contributed by atoms with E-state index in [0.717, 1.165) is 11.4 Å². The van der Waals surface area contributed by atoms with E-state index >= 15 is 0 Å². The van der Waals surface area contributed by atoms with Gasteiger partial charge in [0.05, 0.1) is 0 Å². The van der Waals surface area contributed by atoms with Crippen molar-refractivity contribution in [2.24, 2.45) is 0 Å². The molecule has 15 heavy (non-hydrogen) atoms. The molecule has 0 atom stereocenters. The van der Waals surface area contributed by atoms with Crippen molar-refractivity contribution in [2.45, 2.75) is 0 Å². The molecule has 3 nitrogen and oxygen atoms in total. The Morgan fingerprint density at radius 2 is 1.20 bits per heavy atom. The first-order valence-corrected chi connectivity index (χ1v) is 4.69. The summed E-state index contributed by atoms with van der Waals surface area (Å²) in [5.74, 6) is 0. The number of hydrogen-bond donors (Lipinski definition) is 2. The molecular weight excluding hydrogens is 188 g/mol. The summed E-state index contributed by atoms with van der Waals surface area (Å²) in [6, 6.07) is 17.1. The Hall–Kier alpha value is -2.00. The number of nitrogens with one attached hydrogen (secondary N) is 2.